The Labute approximate surface area is 117 Å². The zero-order chi connectivity index (χ0) is 13.5. The van der Waals surface area contributed by atoms with Gasteiger partial charge in [0.25, 0.3) is 5.91 Å². The zero-order valence-electron chi connectivity index (χ0n) is 11.1. The van der Waals surface area contributed by atoms with Gasteiger partial charge in [0.1, 0.15) is 6.54 Å². The maximum Gasteiger partial charge on any atom is 0.275 e. The SMILES string of the molecule is C[NH+](CC(=O)NCc1ccccc1)Cc1cccs1. The number of nitrogens with one attached hydrogen (secondary N) is 2. The van der Waals surface area contributed by atoms with Gasteiger partial charge in [0.05, 0.1) is 11.9 Å². The summed E-state index contributed by atoms with van der Waals surface area (Å²) in [6.07, 6.45) is 0. The van der Waals surface area contributed by atoms with E-state index < -0.39 is 0 Å². The van der Waals surface area contributed by atoms with E-state index in [1.165, 1.54) is 9.78 Å². The highest BCUT2D eigenvalue weighted by molar-refractivity contribution is 7.09. The molecule has 1 aromatic heterocycles. The Hall–Kier alpha value is -1.65. The van der Waals surface area contributed by atoms with Crippen molar-refractivity contribution in [2.24, 2.45) is 0 Å². The van der Waals surface area contributed by atoms with E-state index in [-0.39, 0.29) is 5.91 Å². The summed E-state index contributed by atoms with van der Waals surface area (Å²) in [6, 6.07) is 14.1. The third-order valence-electron chi connectivity index (χ3n) is 2.85. The van der Waals surface area contributed by atoms with Crippen molar-refractivity contribution in [3.05, 3.63) is 58.3 Å². The topological polar surface area (TPSA) is 33.5 Å². The number of hydrogen-bond acceptors (Lipinski definition) is 2. The lowest BCUT2D eigenvalue weighted by molar-refractivity contribution is -0.885. The van der Waals surface area contributed by atoms with Gasteiger partial charge >= 0.3 is 0 Å². The molecule has 0 aliphatic heterocycles. The van der Waals surface area contributed by atoms with Gasteiger partial charge in [-0.25, -0.2) is 0 Å². The zero-order valence-corrected chi connectivity index (χ0v) is 11.9. The third kappa shape index (κ3) is 4.85. The summed E-state index contributed by atoms with van der Waals surface area (Å²) < 4.78 is 0. The first-order chi connectivity index (χ1) is 9.24. The predicted molar refractivity (Wildman–Crippen MR) is 78.1 cm³/mol. The van der Waals surface area contributed by atoms with Crippen LogP contribution in [0.5, 0.6) is 0 Å². The van der Waals surface area contributed by atoms with E-state index >= 15 is 0 Å². The van der Waals surface area contributed by atoms with Crippen LogP contribution in [0.3, 0.4) is 0 Å². The van der Waals surface area contributed by atoms with Gasteiger partial charge in [0.15, 0.2) is 6.54 Å². The Kier molecular flexibility index (Phi) is 5.12. The molecule has 0 radical (unpaired) electrons. The fraction of sp³-hybridized carbons (Fsp3) is 0.267. The molecule has 19 heavy (non-hydrogen) atoms. The van der Waals surface area contributed by atoms with Crippen LogP contribution in [-0.4, -0.2) is 19.5 Å². The highest BCUT2D eigenvalue weighted by Gasteiger charge is 2.10. The first-order valence-electron chi connectivity index (χ1n) is 6.38. The molecule has 3 nitrogen and oxygen atoms in total. The number of thiophene rings is 1. The van der Waals surface area contributed by atoms with E-state index in [0.29, 0.717) is 13.1 Å². The Bertz CT molecular complexity index is 496. The number of amides is 1. The van der Waals surface area contributed by atoms with Crippen LogP contribution in [0.4, 0.5) is 0 Å². The monoisotopic (exact) mass is 275 g/mol. The molecule has 2 rings (SSSR count). The lowest BCUT2D eigenvalue weighted by Gasteiger charge is -2.12. The summed E-state index contributed by atoms with van der Waals surface area (Å²) >= 11 is 1.74. The molecular formula is C15H19N2OS+. The third-order valence-corrected chi connectivity index (χ3v) is 3.73. The molecule has 1 unspecified atom stereocenters. The van der Waals surface area contributed by atoms with Crippen molar-refractivity contribution in [1.82, 2.24) is 5.32 Å². The molecule has 100 valence electrons. The molecule has 0 aliphatic carbocycles. The minimum absolute atomic E-state index is 0.0953. The molecule has 1 atom stereocenters. The van der Waals surface area contributed by atoms with E-state index in [0.717, 1.165) is 12.1 Å². The van der Waals surface area contributed by atoms with Gasteiger partial charge in [-0.05, 0) is 17.0 Å². The van der Waals surface area contributed by atoms with E-state index in [2.05, 4.69) is 16.8 Å². The van der Waals surface area contributed by atoms with Crippen LogP contribution in [0.15, 0.2) is 47.8 Å². The summed E-state index contributed by atoms with van der Waals surface area (Å²) in [6.45, 7) is 2.01. The molecule has 2 aromatic rings. The number of quaternary nitrogens is 1. The second-order valence-electron chi connectivity index (χ2n) is 4.65. The second kappa shape index (κ2) is 7.07. The fourth-order valence-corrected chi connectivity index (χ4v) is 2.72. The number of benzene rings is 1. The summed E-state index contributed by atoms with van der Waals surface area (Å²) in [7, 11) is 2.04. The molecule has 2 N–H and O–H groups in total. The van der Waals surface area contributed by atoms with Gasteiger partial charge < -0.3 is 10.2 Å². The van der Waals surface area contributed by atoms with Crippen LogP contribution >= 0.6 is 11.3 Å². The summed E-state index contributed by atoms with van der Waals surface area (Å²) in [5.74, 6) is 0.0953. The molecular weight excluding hydrogens is 256 g/mol. The Morgan fingerprint density at radius 2 is 2.00 bits per heavy atom. The Balaban J connectivity index is 1.72. The molecule has 0 saturated carbocycles. The van der Waals surface area contributed by atoms with Crippen molar-refractivity contribution in [2.75, 3.05) is 13.6 Å². The fourth-order valence-electron chi connectivity index (χ4n) is 1.91. The molecule has 1 amide bonds. The van der Waals surface area contributed by atoms with Crippen molar-refractivity contribution in [3.63, 3.8) is 0 Å². The number of likely N-dealkylation sites (N-methyl/N-ethyl adjacent to an activating group) is 1. The van der Waals surface area contributed by atoms with Gasteiger partial charge in [-0.15, -0.1) is 11.3 Å². The minimum atomic E-state index is 0.0953. The normalized spacial score (nSPS) is 12.1. The van der Waals surface area contributed by atoms with Crippen molar-refractivity contribution in [2.45, 2.75) is 13.1 Å². The summed E-state index contributed by atoms with van der Waals surface area (Å²) in [4.78, 5) is 14.3. The lowest BCUT2D eigenvalue weighted by atomic mass is 10.2. The average molecular weight is 275 g/mol. The van der Waals surface area contributed by atoms with Crippen LogP contribution < -0.4 is 10.2 Å². The van der Waals surface area contributed by atoms with Crippen molar-refractivity contribution >= 4 is 17.2 Å². The average Bonchev–Trinajstić information content (AvgIpc) is 2.90. The lowest BCUT2D eigenvalue weighted by Crippen LogP contribution is -3.08. The number of hydrogen-bond donors (Lipinski definition) is 2. The van der Waals surface area contributed by atoms with Crippen molar-refractivity contribution < 1.29 is 9.69 Å². The quantitative estimate of drug-likeness (QED) is 0.813. The van der Waals surface area contributed by atoms with Crippen LogP contribution in [0, 0.1) is 0 Å². The minimum Gasteiger partial charge on any atom is -0.347 e. The Morgan fingerprint density at radius 3 is 2.68 bits per heavy atom. The van der Waals surface area contributed by atoms with E-state index in [4.69, 9.17) is 0 Å². The van der Waals surface area contributed by atoms with Crippen LogP contribution in [-0.2, 0) is 17.9 Å². The molecule has 4 heteroatoms. The van der Waals surface area contributed by atoms with Gasteiger partial charge in [-0.1, -0.05) is 36.4 Å². The molecule has 0 saturated heterocycles. The van der Waals surface area contributed by atoms with Gasteiger partial charge in [-0.2, -0.15) is 0 Å². The standard InChI is InChI=1S/C15H18N2OS/c1-17(11-14-8-5-9-19-14)12-15(18)16-10-13-6-3-2-4-7-13/h2-9H,10-12H2,1H3,(H,16,18)/p+1. The highest BCUT2D eigenvalue weighted by Crippen LogP contribution is 2.05. The van der Waals surface area contributed by atoms with Crippen LogP contribution in [0.1, 0.15) is 10.4 Å². The smallest absolute Gasteiger partial charge is 0.275 e. The van der Waals surface area contributed by atoms with Gasteiger partial charge in [0.2, 0.25) is 0 Å². The van der Waals surface area contributed by atoms with Crippen molar-refractivity contribution in [1.29, 1.82) is 0 Å². The molecule has 0 fully saturated rings. The number of carbonyl (C=O) groups excluding carboxylic acids is 1. The number of carbonyl (C=O) groups is 1. The maximum absolute atomic E-state index is 11.8. The Morgan fingerprint density at radius 1 is 1.21 bits per heavy atom. The van der Waals surface area contributed by atoms with Crippen molar-refractivity contribution in [3.8, 4) is 0 Å². The van der Waals surface area contributed by atoms with Gasteiger partial charge in [0, 0.05) is 6.54 Å². The maximum atomic E-state index is 11.8. The molecule has 0 aliphatic rings. The number of rotatable bonds is 6. The molecule has 0 spiro atoms. The van der Waals surface area contributed by atoms with Gasteiger partial charge in [-0.3, -0.25) is 4.79 Å². The predicted octanol–water partition coefficient (Wildman–Crippen LogP) is 1.08. The molecule has 0 bridgehead atoms. The van der Waals surface area contributed by atoms with E-state index in [9.17, 15) is 4.79 Å². The summed E-state index contributed by atoms with van der Waals surface area (Å²) in [5, 5.41) is 5.02. The van der Waals surface area contributed by atoms with Crippen LogP contribution in [0.2, 0.25) is 0 Å². The molecule has 1 heterocycles. The van der Waals surface area contributed by atoms with E-state index in [1.54, 1.807) is 11.3 Å². The first kappa shape index (κ1) is 13.8. The molecule has 1 aromatic carbocycles. The summed E-state index contributed by atoms with van der Waals surface area (Å²) in [5.41, 5.74) is 1.13. The highest BCUT2D eigenvalue weighted by atomic mass is 32.1. The van der Waals surface area contributed by atoms with E-state index in [1.807, 2.05) is 43.4 Å². The van der Waals surface area contributed by atoms with Crippen LogP contribution in [0.25, 0.3) is 0 Å². The first-order valence-corrected chi connectivity index (χ1v) is 7.26. The largest absolute Gasteiger partial charge is 0.347 e. The second-order valence-corrected chi connectivity index (χ2v) is 5.68.